The van der Waals surface area contributed by atoms with Gasteiger partial charge in [-0.3, -0.25) is 14.6 Å². The number of hydrogen-bond donors (Lipinski definition) is 2. The number of para-hydroxylation sites is 1. The van der Waals surface area contributed by atoms with Crippen molar-refractivity contribution in [2.75, 3.05) is 13.1 Å². The maximum absolute atomic E-state index is 12.6. The Balaban J connectivity index is 1.93. The summed E-state index contributed by atoms with van der Waals surface area (Å²) in [6, 6.07) is 13.0. The van der Waals surface area contributed by atoms with Crippen LogP contribution in [0, 0.1) is 0 Å². The number of nitrogens with one attached hydrogen (secondary N) is 2. The highest BCUT2D eigenvalue weighted by Gasteiger charge is 2.13. The van der Waals surface area contributed by atoms with Crippen molar-refractivity contribution >= 4 is 22.7 Å². The van der Waals surface area contributed by atoms with E-state index >= 15 is 0 Å². The van der Waals surface area contributed by atoms with Crippen molar-refractivity contribution < 1.29 is 9.59 Å². The molecule has 25 heavy (non-hydrogen) atoms. The summed E-state index contributed by atoms with van der Waals surface area (Å²) in [5.41, 5.74) is 2.92. The molecule has 3 rings (SSSR count). The lowest BCUT2D eigenvalue weighted by atomic mass is 10.0. The van der Waals surface area contributed by atoms with Crippen molar-refractivity contribution in [3.05, 3.63) is 60.4 Å². The van der Waals surface area contributed by atoms with Crippen LogP contribution in [-0.4, -0.2) is 34.9 Å². The summed E-state index contributed by atoms with van der Waals surface area (Å²) in [4.78, 5) is 32.2. The predicted molar refractivity (Wildman–Crippen MR) is 96.0 cm³/mol. The second-order valence-electron chi connectivity index (χ2n) is 5.55. The van der Waals surface area contributed by atoms with Crippen LogP contribution < -0.4 is 10.6 Å². The van der Waals surface area contributed by atoms with Gasteiger partial charge in [-0.25, -0.2) is 4.98 Å². The Morgan fingerprint density at radius 2 is 1.72 bits per heavy atom. The van der Waals surface area contributed by atoms with E-state index in [0.29, 0.717) is 24.3 Å². The summed E-state index contributed by atoms with van der Waals surface area (Å²) >= 11 is 0. The number of amides is 2. The topological polar surface area (TPSA) is 84.0 Å². The third-order valence-corrected chi connectivity index (χ3v) is 3.72. The van der Waals surface area contributed by atoms with Gasteiger partial charge in [-0.05, 0) is 24.3 Å². The van der Waals surface area contributed by atoms with Crippen LogP contribution in [0.5, 0.6) is 0 Å². The first-order valence-electron chi connectivity index (χ1n) is 7.98. The molecule has 0 saturated heterocycles. The van der Waals surface area contributed by atoms with Gasteiger partial charge < -0.3 is 10.6 Å². The van der Waals surface area contributed by atoms with Crippen LogP contribution in [-0.2, 0) is 4.79 Å². The van der Waals surface area contributed by atoms with Gasteiger partial charge in [0.25, 0.3) is 5.91 Å². The van der Waals surface area contributed by atoms with Crippen LogP contribution in [0.1, 0.15) is 17.3 Å². The number of pyridine rings is 2. The van der Waals surface area contributed by atoms with Crippen molar-refractivity contribution in [2.24, 2.45) is 0 Å². The minimum absolute atomic E-state index is 0.122. The van der Waals surface area contributed by atoms with Crippen molar-refractivity contribution in [1.29, 1.82) is 0 Å². The SMILES string of the molecule is CC(=O)NCCNC(=O)c1cc(-c2ccncc2)nc2ccccc12. The highest BCUT2D eigenvalue weighted by Crippen LogP contribution is 2.24. The predicted octanol–water partition coefficient (Wildman–Crippen LogP) is 2.16. The van der Waals surface area contributed by atoms with E-state index in [0.717, 1.165) is 16.5 Å². The van der Waals surface area contributed by atoms with Crippen LogP contribution in [0.15, 0.2) is 54.9 Å². The van der Waals surface area contributed by atoms with Crippen LogP contribution >= 0.6 is 0 Å². The molecule has 0 saturated carbocycles. The molecule has 0 spiro atoms. The van der Waals surface area contributed by atoms with E-state index in [1.165, 1.54) is 6.92 Å². The van der Waals surface area contributed by atoms with Gasteiger partial charge in [-0.15, -0.1) is 0 Å². The van der Waals surface area contributed by atoms with Gasteiger partial charge in [0.15, 0.2) is 0 Å². The largest absolute Gasteiger partial charge is 0.355 e. The molecular weight excluding hydrogens is 316 g/mol. The van der Waals surface area contributed by atoms with Crippen molar-refractivity contribution in [2.45, 2.75) is 6.92 Å². The summed E-state index contributed by atoms with van der Waals surface area (Å²) < 4.78 is 0. The number of fused-ring (bicyclic) bond motifs is 1. The number of hydrogen-bond acceptors (Lipinski definition) is 4. The molecule has 0 radical (unpaired) electrons. The van der Waals surface area contributed by atoms with Gasteiger partial charge in [0.2, 0.25) is 5.91 Å². The summed E-state index contributed by atoms with van der Waals surface area (Å²) in [6.07, 6.45) is 3.39. The standard InChI is InChI=1S/C19H18N4O2/c1-13(24)21-10-11-22-19(25)16-12-18(14-6-8-20-9-7-14)23-17-5-3-2-4-15(16)17/h2-9,12H,10-11H2,1H3,(H,21,24)(H,22,25). The Hall–Kier alpha value is -3.28. The Labute approximate surface area is 145 Å². The zero-order valence-corrected chi connectivity index (χ0v) is 13.8. The van der Waals surface area contributed by atoms with Gasteiger partial charge >= 0.3 is 0 Å². The molecule has 0 aliphatic heterocycles. The first-order valence-corrected chi connectivity index (χ1v) is 7.98. The molecule has 6 nitrogen and oxygen atoms in total. The molecule has 0 aliphatic rings. The zero-order chi connectivity index (χ0) is 17.6. The van der Waals surface area contributed by atoms with E-state index in [1.54, 1.807) is 18.5 Å². The molecule has 2 aromatic heterocycles. The molecule has 2 heterocycles. The van der Waals surface area contributed by atoms with Crippen LogP contribution in [0.25, 0.3) is 22.2 Å². The normalized spacial score (nSPS) is 10.4. The van der Waals surface area contributed by atoms with Crippen LogP contribution in [0.3, 0.4) is 0 Å². The van der Waals surface area contributed by atoms with Crippen molar-refractivity contribution in [3.8, 4) is 11.3 Å². The second-order valence-corrected chi connectivity index (χ2v) is 5.55. The summed E-state index contributed by atoms with van der Waals surface area (Å²) in [5, 5.41) is 6.27. The molecule has 0 aliphatic carbocycles. The summed E-state index contributed by atoms with van der Waals surface area (Å²) in [7, 11) is 0. The molecule has 2 amide bonds. The summed E-state index contributed by atoms with van der Waals surface area (Å²) in [6.45, 7) is 2.19. The van der Waals surface area contributed by atoms with E-state index in [1.807, 2.05) is 36.4 Å². The van der Waals surface area contributed by atoms with E-state index in [2.05, 4.69) is 20.6 Å². The van der Waals surface area contributed by atoms with Crippen molar-refractivity contribution in [1.82, 2.24) is 20.6 Å². The number of carbonyl (C=O) groups is 2. The lowest BCUT2D eigenvalue weighted by Gasteiger charge is -2.11. The number of benzene rings is 1. The molecule has 2 N–H and O–H groups in total. The minimum atomic E-state index is -0.195. The molecule has 1 aromatic carbocycles. The molecule has 6 heteroatoms. The Morgan fingerprint density at radius 3 is 2.48 bits per heavy atom. The molecule has 126 valence electrons. The maximum atomic E-state index is 12.6. The zero-order valence-electron chi connectivity index (χ0n) is 13.8. The number of rotatable bonds is 5. The number of aromatic nitrogens is 2. The van der Waals surface area contributed by atoms with Gasteiger partial charge in [0.1, 0.15) is 0 Å². The van der Waals surface area contributed by atoms with Crippen LogP contribution in [0.2, 0.25) is 0 Å². The van der Waals surface area contributed by atoms with Gasteiger partial charge in [-0.1, -0.05) is 18.2 Å². The molecule has 3 aromatic rings. The quantitative estimate of drug-likeness (QED) is 0.700. The number of nitrogens with zero attached hydrogens (tertiary/aromatic N) is 2. The Bertz CT molecular complexity index is 910. The smallest absolute Gasteiger partial charge is 0.252 e. The van der Waals surface area contributed by atoms with Gasteiger partial charge in [0.05, 0.1) is 16.8 Å². The van der Waals surface area contributed by atoms with Gasteiger partial charge in [-0.2, -0.15) is 0 Å². The Morgan fingerprint density at radius 1 is 1.00 bits per heavy atom. The monoisotopic (exact) mass is 334 g/mol. The molecular formula is C19H18N4O2. The fourth-order valence-corrected chi connectivity index (χ4v) is 2.54. The molecule has 0 atom stereocenters. The molecule has 0 fully saturated rings. The van der Waals surface area contributed by atoms with Crippen LogP contribution in [0.4, 0.5) is 0 Å². The van der Waals surface area contributed by atoms with Gasteiger partial charge in [0, 0.05) is 43.4 Å². The lowest BCUT2D eigenvalue weighted by molar-refractivity contribution is -0.118. The molecule has 0 unspecified atom stereocenters. The average Bonchev–Trinajstić information content (AvgIpc) is 2.64. The summed E-state index contributed by atoms with van der Waals surface area (Å²) in [5.74, 6) is -0.317. The third-order valence-electron chi connectivity index (χ3n) is 3.72. The first kappa shape index (κ1) is 16.6. The average molecular weight is 334 g/mol. The maximum Gasteiger partial charge on any atom is 0.252 e. The molecule has 0 bridgehead atoms. The van der Waals surface area contributed by atoms with E-state index in [4.69, 9.17) is 0 Å². The fraction of sp³-hybridized carbons (Fsp3) is 0.158. The van der Waals surface area contributed by atoms with E-state index in [-0.39, 0.29) is 11.8 Å². The van der Waals surface area contributed by atoms with E-state index in [9.17, 15) is 9.59 Å². The fourth-order valence-electron chi connectivity index (χ4n) is 2.54. The lowest BCUT2D eigenvalue weighted by Crippen LogP contribution is -2.33. The highest BCUT2D eigenvalue weighted by atomic mass is 16.2. The first-order chi connectivity index (χ1) is 12.1. The minimum Gasteiger partial charge on any atom is -0.355 e. The Kier molecular flexibility index (Phi) is 4.99. The van der Waals surface area contributed by atoms with Crippen molar-refractivity contribution in [3.63, 3.8) is 0 Å². The van der Waals surface area contributed by atoms with E-state index < -0.39 is 0 Å². The highest BCUT2D eigenvalue weighted by molar-refractivity contribution is 6.07. The number of carbonyl (C=O) groups excluding carboxylic acids is 2. The third kappa shape index (κ3) is 3.98. The second kappa shape index (κ2) is 7.53.